The molecule has 5 aliphatic rings. The third-order valence-electron chi connectivity index (χ3n) is 9.58. The first-order valence-electron chi connectivity index (χ1n) is 14.4. The van der Waals surface area contributed by atoms with Crippen molar-refractivity contribution in [2.45, 2.75) is 21.5 Å². The summed E-state index contributed by atoms with van der Waals surface area (Å²) in [5.74, 6) is -0.175. The zero-order chi connectivity index (χ0) is 28.4. The summed E-state index contributed by atoms with van der Waals surface area (Å²) in [6, 6.07) is 24.7. The Hall–Kier alpha value is -2.68. The fourth-order valence-electron chi connectivity index (χ4n) is 7.65. The molecule has 6 nitrogen and oxygen atoms in total. The molecule has 2 amide bonds. The number of benzene rings is 3. The number of hydrogen-bond acceptors (Lipinski definition) is 5. The summed E-state index contributed by atoms with van der Waals surface area (Å²) in [6.07, 6.45) is 1.74. The van der Waals surface area contributed by atoms with Gasteiger partial charge in [-0.25, -0.2) is 0 Å². The van der Waals surface area contributed by atoms with E-state index in [9.17, 15) is 9.59 Å². The van der Waals surface area contributed by atoms with E-state index < -0.39 is 20.5 Å². The zero-order valence-electron chi connectivity index (χ0n) is 23.1. The molecule has 2 atom stereocenters. The topological polar surface area (TPSA) is 53.1 Å². The van der Waals surface area contributed by atoms with Crippen molar-refractivity contribution in [3.05, 3.63) is 95.1 Å². The number of piperazine rings is 1. The molecule has 212 valence electrons. The molecule has 0 saturated carbocycles. The van der Waals surface area contributed by atoms with Crippen molar-refractivity contribution in [1.82, 2.24) is 9.80 Å². The molecule has 41 heavy (non-hydrogen) atoms. The molecule has 2 fully saturated rings. The van der Waals surface area contributed by atoms with Crippen LogP contribution in [0, 0.1) is 11.8 Å². The molecule has 3 aliphatic carbocycles. The smallest absolute Gasteiger partial charge is 0.235 e. The molecule has 2 aliphatic heterocycles. The van der Waals surface area contributed by atoms with E-state index in [1.165, 1.54) is 0 Å². The third-order valence-corrected chi connectivity index (χ3v) is 12.3. The summed E-state index contributed by atoms with van der Waals surface area (Å²) < 4.78 is 4.11. The Kier molecular flexibility index (Phi) is 6.79. The first kappa shape index (κ1) is 27.2. The summed E-state index contributed by atoms with van der Waals surface area (Å²) in [5.41, 5.74) is 5.45. The number of halogens is 2. The van der Waals surface area contributed by atoms with Crippen LogP contribution in [0.25, 0.3) is 0 Å². The van der Waals surface area contributed by atoms with Crippen LogP contribution in [0.15, 0.2) is 72.8 Å². The van der Waals surface area contributed by atoms with Crippen LogP contribution in [0.1, 0.15) is 35.1 Å². The largest absolute Gasteiger partial charge is 0.495 e. The Labute approximate surface area is 257 Å². The standard InChI is InChI=1S/C33H33Br2N3O3/c1-41-27-15-7-6-14-26(27)37-20-18-36(19-21-37)16-8-9-17-38-30(39)28-29(31(38)40)33(35)23-11-3-2-10-22(23)32(28,34)24-12-4-5-13-25(24)33/h2-7,10-15,28-29H,8-9,16-21H2,1H3. The number of nitrogens with zero attached hydrogens (tertiary/aromatic N) is 3. The Balaban J connectivity index is 1.03. The molecule has 0 aromatic heterocycles. The van der Waals surface area contributed by atoms with Crippen molar-refractivity contribution in [3.63, 3.8) is 0 Å². The van der Waals surface area contributed by atoms with Crippen molar-refractivity contribution in [2.24, 2.45) is 11.8 Å². The van der Waals surface area contributed by atoms with Gasteiger partial charge < -0.3 is 9.64 Å². The van der Waals surface area contributed by atoms with Crippen LogP contribution < -0.4 is 9.64 Å². The number of carbonyl (C=O) groups excluding carboxylic acids is 2. The second kappa shape index (κ2) is 10.2. The molecule has 0 N–H and O–H groups in total. The maximum atomic E-state index is 14.1. The molecule has 2 unspecified atom stereocenters. The van der Waals surface area contributed by atoms with E-state index >= 15 is 0 Å². The molecular formula is C33H33Br2N3O3. The molecule has 0 spiro atoms. The van der Waals surface area contributed by atoms with E-state index in [1.54, 1.807) is 12.0 Å². The minimum absolute atomic E-state index is 0.0601. The number of anilines is 1. The lowest BCUT2D eigenvalue weighted by molar-refractivity contribution is -0.140. The van der Waals surface area contributed by atoms with Gasteiger partial charge in [-0.1, -0.05) is 92.5 Å². The first-order chi connectivity index (χ1) is 19.9. The molecule has 2 heterocycles. The fraction of sp³-hybridized carbons (Fsp3) is 0.394. The number of likely N-dealkylation sites (tertiary alicyclic amines) is 1. The zero-order valence-corrected chi connectivity index (χ0v) is 26.2. The number of rotatable bonds is 7. The highest BCUT2D eigenvalue weighted by Gasteiger charge is 2.72. The van der Waals surface area contributed by atoms with Crippen molar-refractivity contribution in [3.8, 4) is 5.75 Å². The lowest BCUT2D eigenvalue weighted by Crippen LogP contribution is -2.56. The predicted molar refractivity (Wildman–Crippen MR) is 167 cm³/mol. The maximum absolute atomic E-state index is 14.1. The molecule has 8 rings (SSSR count). The lowest BCUT2D eigenvalue weighted by Gasteiger charge is -2.55. The van der Waals surface area contributed by atoms with Crippen LogP contribution in [0.2, 0.25) is 0 Å². The van der Waals surface area contributed by atoms with E-state index in [-0.39, 0.29) is 11.8 Å². The van der Waals surface area contributed by atoms with E-state index in [0.29, 0.717) is 6.54 Å². The fourth-order valence-corrected chi connectivity index (χ4v) is 9.96. The minimum atomic E-state index is -0.719. The van der Waals surface area contributed by atoms with E-state index in [0.717, 1.165) is 79.3 Å². The molecule has 3 aromatic rings. The number of alkyl halides is 2. The Bertz CT molecular complexity index is 1400. The van der Waals surface area contributed by atoms with Gasteiger partial charge in [-0.3, -0.25) is 19.4 Å². The first-order valence-corrected chi connectivity index (χ1v) is 16.0. The molecule has 2 bridgehead atoms. The normalized spacial score (nSPS) is 28.5. The van der Waals surface area contributed by atoms with E-state index in [2.05, 4.69) is 78.1 Å². The summed E-state index contributed by atoms with van der Waals surface area (Å²) in [7, 11) is 1.72. The summed E-state index contributed by atoms with van der Waals surface area (Å²) in [6.45, 7) is 5.30. The lowest BCUT2D eigenvalue weighted by atomic mass is 9.54. The highest BCUT2D eigenvalue weighted by atomic mass is 79.9. The van der Waals surface area contributed by atoms with E-state index in [4.69, 9.17) is 4.74 Å². The van der Waals surface area contributed by atoms with Crippen molar-refractivity contribution >= 4 is 49.4 Å². The second-order valence-corrected chi connectivity index (χ2v) is 14.0. The monoisotopic (exact) mass is 677 g/mol. The van der Waals surface area contributed by atoms with Gasteiger partial charge in [0.1, 0.15) is 5.75 Å². The van der Waals surface area contributed by atoms with Crippen LogP contribution in [-0.2, 0) is 18.2 Å². The quantitative estimate of drug-likeness (QED) is 0.188. The number of unbranched alkanes of at least 4 members (excludes halogenated alkanes) is 1. The van der Waals surface area contributed by atoms with Crippen LogP contribution in [0.3, 0.4) is 0 Å². The number of methoxy groups -OCH3 is 1. The average Bonchev–Trinajstić information content (AvgIpc) is 3.28. The Morgan fingerprint density at radius 3 is 1.68 bits per heavy atom. The highest BCUT2D eigenvalue weighted by Crippen LogP contribution is 2.70. The van der Waals surface area contributed by atoms with Gasteiger partial charge in [-0.15, -0.1) is 0 Å². The van der Waals surface area contributed by atoms with Crippen molar-refractivity contribution < 1.29 is 14.3 Å². The van der Waals surface area contributed by atoms with Gasteiger partial charge in [-0.2, -0.15) is 0 Å². The van der Waals surface area contributed by atoms with Crippen molar-refractivity contribution in [1.29, 1.82) is 0 Å². The number of para-hydroxylation sites is 2. The maximum Gasteiger partial charge on any atom is 0.235 e. The number of hydrogen-bond donors (Lipinski definition) is 0. The summed E-state index contributed by atoms with van der Waals surface area (Å²) >= 11 is 8.16. The minimum Gasteiger partial charge on any atom is -0.495 e. The third kappa shape index (κ3) is 3.90. The summed E-state index contributed by atoms with van der Waals surface area (Å²) in [4.78, 5) is 34.5. The Morgan fingerprint density at radius 1 is 0.707 bits per heavy atom. The molecule has 0 radical (unpaired) electrons. The molecule has 2 saturated heterocycles. The van der Waals surface area contributed by atoms with E-state index in [1.807, 2.05) is 36.4 Å². The SMILES string of the molecule is COc1ccccc1N1CCN(CCCCN2C(=O)C3C(C2=O)C2(Br)c4ccccc4C3(Br)c3ccccc32)CC1. The Morgan fingerprint density at radius 2 is 1.17 bits per heavy atom. The second-order valence-electron chi connectivity index (χ2n) is 11.5. The number of carbonyl (C=O) groups is 2. The molecule has 8 heteroatoms. The molecular weight excluding hydrogens is 646 g/mol. The van der Waals surface area contributed by atoms with Gasteiger partial charge in [-0.05, 0) is 53.8 Å². The molecule has 3 aromatic carbocycles. The predicted octanol–water partition coefficient (Wildman–Crippen LogP) is 5.50. The number of imide groups is 1. The summed E-state index contributed by atoms with van der Waals surface area (Å²) in [5, 5.41) is 0. The van der Waals surface area contributed by atoms with Gasteiger partial charge in [0.2, 0.25) is 11.8 Å². The van der Waals surface area contributed by atoms with Crippen LogP contribution >= 0.6 is 31.9 Å². The van der Waals surface area contributed by atoms with Crippen LogP contribution in [-0.4, -0.2) is 68.0 Å². The van der Waals surface area contributed by atoms with Crippen LogP contribution in [0.4, 0.5) is 5.69 Å². The van der Waals surface area contributed by atoms with Crippen LogP contribution in [0.5, 0.6) is 5.75 Å². The van der Waals surface area contributed by atoms with Crippen molar-refractivity contribution in [2.75, 3.05) is 51.3 Å². The number of amides is 2. The average molecular weight is 679 g/mol. The highest BCUT2D eigenvalue weighted by molar-refractivity contribution is 9.10. The van der Waals surface area contributed by atoms with Gasteiger partial charge in [0.05, 0.1) is 33.3 Å². The van der Waals surface area contributed by atoms with Gasteiger partial charge >= 0.3 is 0 Å². The van der Waals surface area contributed by atoms with Gasteiger partial charge in [0, 0.05) is 32.7 Å². The van der Waals surface area contributed by atoms with Gasteiger partial charge in [0.25, 0.3) is 0 Å². The number of ether oxygens (including phenoxy) is 1. The van der Waals surface area contributed by atoms with Gasteiger partial charge in [0.15, 0.2) is 0 Å².